The largest absolute Gasteiger partial charge is 0.352 e. The maximum absolute atomic E-state index is 11.7. The van der Waals surface area contributed by atoms with Crippen molar-refractivity contribution in [3.8, 4) is 0 Å². The molecule has 0 radical (unpaired) electrons. The van der Waals surface area contributed by atoms with Crippen LogP contribution in [0.4, 0.5) is 0 Å². The molecular weight excluding hydrogens is 198 g/mol. The first-order valence-electron chi connectivity index (χ1n) is 6.14. The topological polar surface area (TPSA) is 29.1 Å². The zero-order chi connectivity index (χ0) is 11.2. The van der Waals surface area contributed by atoms with Gasteiger partial charge in [-0.3, -0.25) is 4.79 Å². The van der Waals surface area contributed by atoms with Gasteiger partial charge in [0.15, 0.2) is 0 Å². The van der Waals surface area contributed by atoms with Gasteiger partial charge in [0.2, 0.25) is 5.91 Å². The van der Waals surface area contributed by atoms with E-state index in [-0.39, 0.29) is 11.3 Å². The van der Waals surface area contributed by atoms with Gasteiger partial charge in [0.25, 0.3) is 0 Å². The van der Waals surface area contributed by atoms with Crippen LogP contribution in [0.25, 0.3) is 0 Å². The highest BCUT2D eigenvalue weighted by molar-refractivity contribution is 5.82. The predicted molar refractivity (Wildman–Crippen MR) is 63.3 cm³/mol. The molecule has 16 heavy (non-hydrogen) atoms. The Morgan fingerprint density at radius 3 is 3.06 bits per heavy atom. The maximum atomic E-state index is 11.7. The molecule has 2 atom stereocenters. The lowest BCUT2D eigenvalue weighted by molar-refractivity contribution is -0.119. The molecule has 1 aliphatic carbocycles. The highest BCUT2D eigenvalue weighted by atomic mass is 16.2. The van der Waals surface area contributed by atoms with Crippen LogP contribution in [0.15, 0.2) is 24.3 Å². The Balaban J connectivity index is 2.10. The molecule has 0 saturated carbocycles. The predicted octanol–water partition coefficient (Wildman–Crippen LogP) is 2.17. The van der Waals surface area contributed by atoms with Crippen molar-refractivity contribution in [2.24, 2.45) is 0 Å². The summed E-state index contributed by atoms with van der Waals surface area (Å²) in [4.78, 5) is 11.7. The molecule has 0 aromatic heterocycles. The molecule has 0 bridgehead atoms. The number of hydrogen-bond donors (Lipinski definition) is 1. The third kappa shape index (κ3) is 1.16. The summed E-state index contributed by atoms with van der Waals surface area (Å²) in [5.41, 5.74) is 2.96. The number of hydrogen-bond acceptors (Lipinski definition) is 1. The molecule has 1 aliphatic heterocycles. The standard InChI is InChI=1S/C14H17NO/c1-2-12-14(9-13(16)15-12)8-7-10-5-3-4-6-11(10)14/h3-6,12H,2,7-9H2,1H3,(H,15,16). The molecule has 84 valence electrons. The minimum absolute atomic E-state index is 0.0996. The summed E-state index contributed by atoms with van der Waals surface area (Å²) in [6, 6.07) is 8.96. The second kappa shape index (κ2) is 3.34. The molecule has 2 unspecified atom stereocenters. The fraction of sp³-hybridized carbons (Fsp3) is 0.500. The molecule has 1 amide bonds. The molecule has 1 spiro atoms. The number of fused-ring (bicyclic) bond motifs is 2. The Hall–Kier alpha value is -1.31. The van der Waals surface area contributed by atoms with E-state index >= 15 is 0 Å². The van der Waals surface area contributed by atoms with Crippen LogP contribution >= 0.6 is 0 Å². The van der Waals surface area contributed by atoms with Gasteiger partial charge >= 0.3 is 0 Å². The van der Waals surface area contributed by atoms with Crippen LogP contribution in [0.2, 0.25) is 0 Å². The zero-order valence-corrected chi connectivity index (χ0v) is 9.62. The third-order valence-electron chi connectivity index (χ3n) is 4.28. The van der Waals surface area contributed by atoms with Gasteiger partial charge in [-0.1, -0.05) is 31.2 Å². The summed E-state index contributed by atoms with van der Waals surface area (Å²) < 4.78 is 0. The monoisotopic (exact) mass is 215 g/mol. The van der Waals surface area contributed by atoms with Crippen molar-refractivity contribution in [3.63, 3.8) is 0 Å². The molecule has 1 aromatic rings. The van der Waals surface area contributed by atoms with Gasteiger partial charge in [-0.05, 0) is 30.4 Å². The molecule has 2 nitrogen and oxygen atoms in total. The number of aryl methyl sites for hydroxylation is 1. The van der Waals surface area contributed by atoms with Crippen molar-refractivity contribution in [2.75, 3.05) is 0 Å². The number of carbonyl (C=O) groups excluding carboxylic acids is 1. The van der Waals surface area contributed by atoms with Gasteiger partial charge in [-0.15, -0.1) is 0 Å². The molecule has 2 aliphatic rings. The summed E-state index contributed by atoms with van der Waals surface area (Å²) in [5, 5.41) is 3.14. The van der Waals surface area contributed by atoms with Crippen molar-refractivity contribution in [1.29, 1.82) is 0 Å². The normalized spacial score (nSPS) is 31.8. The lowest BCUT2D eigenvalue weighted by Gasteiger charge is -2.30. The quantitative estimate of drug-likeness (QED) is 0.764. The van der Waals surface area contributed by atoms with Crippen molar-refractivity contribution in [3.05, 3.63) is 35.4 Å². The van der Waals surface area contributed by atoms with E-state index in [1.54, 1.807) is 0 Å². The Kier molecular flexibility index (Phi) is 2.06. The van der Waals surface area contributed by atoms with Gasteiger partial charge in [0, 0.05) is 17.9 Å². The van der Waals surface area contributed by atoms with Crippen LogP contribution in [0.3, 0.4) is 0 Å². The fourth-order valence-corrected chi connectivity index (χ4v) is 3.55. The average Bonchev–Trinajstić information content (AvgIpc) is 2.82. The lowest BCUT2D eigenvalue weighted by atomic mass is 9.74. The van der Waals surface area contributed by atoms with Gasteiger partial charge < -0.3 is 5.32 Å². The van der Waals surface area contributed by atoms with Gasteiger partial charge in [0.1, 0.15) is 0 Å². The van der Waals surface area contributed by atoms with E-state index in [2.05, 4.69) is 36.5 Å². The Morgan fingerprint density at radius 1 is 1.44 bits per heavy atom. The highest BCUT2D eigenvalue weighted by Crippen LogP contribution is 2.47. The summed E-state index contributed by atoms with van der Waals surface area (Å²) in [7, 11) is 0. The van der Waals surface area contributed by atoms with Crippen LogP contribution in [-0.2, 0) is 16.6 Å². The van der Waals surface area contributed by atoms with E-state index in [1.165, 1.54) is 11.1 Å². The fourth-order valence-electron chi connectivity index (χ4n) is 3.55. The number of nitrogens with one attached hydrogen (secondary N) is 1. The summed E-state index contributed by atoms with van der Waals surface area (Å²) >= 11 is 0. The summed E-state index contributed by atoms with van der Waals surface area (Å²) in [6.45, 7) is 2.17. The van der Waals surface area contributed by atoms with Crippen LogP contribution in [0, 0.1) is 0 Å². The van der Waals surface area contributed by atoms with Crippen LogP contribution < -0.4 is 5.32 Å². The van der Waals surface area contributed by atoms with Gasteiger partial charge in [-0.25, -0.2) is 0 Å². The van der Waals surface area contributed by atoms with Crippen LogP contribution in [0.1, 0.15) is 37.3 Å². The molecule has 1 fully saturated rings. The molecule has 1 aromatic carbocycles. The van der Waals surface area contributed by atoms with E-state index < -0.39 is 0 Å². The number of benzene rings is 1. The smallest absolute Gasteiger partial charge is 0.221 e. The Morgan fingerprint density at radius 2 is 2.25 bits per heavy atom. The molecule has 3 rings (SSSR count). The van der Waals surface area contributed by atoms with Crippen LogP contribution in [0.5, 0.6) is 0 Å². The van der Waals surface area contributed by atoms with Crippen LogP contribution in [-0.4, -0.2) is 11.9 Å². The van der Waals surface area contributed by atoms with E-state index in [9.17, 15) is 4.79 Å². The van der Waals surface area contributed by atoms with Gasteiger partial charge in [-0.2, -0.15) is 0 Å². The average molecular weight is 215 g/mol. The van der Waals surface area contributed by atoms with Gasteiger partial charge in [0.05, 0.1) is 0 Å². The minimum Gasteiger partial charge on any atom is -0.352 e. The molecule has 1 N–H and O–H groups in total. The van der Waals surface area contributed by atoms with E-state index in [1.807, 2.05) is 0 Å². The second-order valence-corrected chi connectivity index (χ2v) is 5.02. The lowest BCUT2D eigenvalue weighted by Crippen LogP contribution is -2.38. The van der Waals surface area contributed by atoms with Crippen molar-refractivity contribution >= 4 is 5.91 Å². The second-order valence-electron chi connectivity index (χ2n) is 5.02. The Bertz CT molecular complexity index is 440. The van der Waals surface area contributed by atoms with Crippen molar-refractivity contribution in [1.82, 2.24) is 5.32 Å². The summed E-state index contributed by atoms with van der Waals surface area (Å²) in [5.74, 6) is 0.226. The minimum atomic E-state index is 0.0996. The summed E-state index contributed by atoms with van der Waals surface area (Å²) in [6.07, 6.45) is 3.97. The van der Waals surface area contributed by atoms with E-state index in [0.29, 0.717) is 12.5 Å². The number of rotatable bonds is 1. The number of amides is 1. The zero-order valence-electron chi connectivity index (χ0n) is 9.62. The van der Waals surface area contributed by atoms with Crippen molar-refractivity contribution in [2.45, 2.75) is 44.1 Å². The third-order valence-corrected chi connectivity index (χ3v) is 4.28. The molecule has 2 heteroatoms. The van der Waals surface area contributed by atoms with Crippen molar-refractivity contribution < 1.29 is 4.79 Å². The SMILES string of the molecule is CCC1NC(=O)CC12CCc1ccccc12. The first-order valence-corrected chi connectivity index (χ1v) is 6.14. The van der Waals surface area contributed by atoms with E-state index in [4.69, 9.17) is 0 Å². The molecule has 1 heterocycles. The maximum Gasteiger partial charge on any atom is 0.221 e. The first-order chi connectivity index (χ1) is 7.76. The highest BCUT2D eigenvalue weighted by Gasteiger charge is 2.50. The van der Waals surface area contributed by atoms with E-state index in [0.717, 1.165) is 19.3 Å². The molecule has 1 saturated heterocycles. The molecular formula is C14H17NO. The first kappa shape index (κ1) is 9.88. The number of carbonyl (C=O) groups is 1. The Labute approximate surface area is 96.1 Å².